The van der Waals surface area contributed by atoms with Crippen LogP contribution in [0.25, 0.3) is 0 Å². The fraction of sp³-hybridized carbons (Fsp3) is 0.433. The van der Waals surface area contributed by atoms with E-state index >= 15 is 0 Å². The molecule has 0 bridgehead atoms. The van der Waals surface area contributed by atoms with Crippen LogP contribution >= 0.6 is 0 Å². The third-order valence-corrected chi connectivity index (χ3v) is 9.56. The number of nitrogens with zero attached hydrogens (tertiary/aromatic N) is 3. The van der Waals surface area contributed by atoms with Gasteiger partial charge in [-0.2, -0.15) is 9.40 Å². The molecule has 1 aromatic heterocycles. The number of carbonyl (C=O) groups is 2. The minimum atomic E-state index is -4.31. The quantitative estimate of drug-likeness (QED) is 0.262. The van der Waals surface area contributed by atoms with Gasteiger partial charge in [-0.05, 0) is 57.3 Å². The van der Waals surface area contributed by atoms with Crippen LogP contribution in [-0.4, -0.2) is 86.1 Å². The Labute approximate surface area is 260 Å². The van der Waals surface area contributed by atoms with Crippen molar-refractivity contribution >= 4 is 39.0 Å². The van der Waals surface area contributed by atoms with E-state index in [1.807, 2.05) is 19.0 Å². The van der Waals surface area contributed by atoms with E-state index in [1.165, 1.54) is 0 Å². The number of aromatic nitrogens is 2. The lowest BCUT2D eigenvalue weighted by Crippen LogP contribution is -2.45. The molecule has 1 saturated heterocycles. The van der Waals surface area contributed by atoms with Crippen molar-refractivity contribution in [1.82, 2.24) is 19.4 Å². The Kier molecular flexibility index (Phi) is 9.26. The van der Waals surface area contributed by atoms with E-state index in [-0.39, 0.29) is 36.1 Å². The minimum Gasteiger partial charge on any atom is -0.384 e. The van der Waals surface area contributed by atoms with Crippen molar-refractivity contribution in [2.24, 2.45) is 0 Å². The molecule has 12 nitrogen and oxygen atoms in total. The first-order chi connectivity index (χ1) is 21.2. The van der Waals surface area contributed by atoms with Gasteiger partial charge in [-0.3, -0.25) is 14.7 Å². The second kappa shape index (κ2) is 12.8. The Morgan fingerprint density at radius 3 is 2.53 bits per heavy atom. The lowest BCUT2D eigenvalue weighted by Gasteiger charge is -2.36. The average molecular weight is 646 g/mol. The topological polar surface area (TPSA) is 149 Å². The van der Waals surface area contributed by atoms with Gasteiger partial charge >= 0.3 is 0 Å². The molecule has 0 spiro atoms. The zero-order valence-corrected chi connectivity index (χ0v) is 26.4. The van der Waals surface area contributed by atoms with Crippen LogP contribution in [0, 0.1) is 11.6 Å². The number of hydrogen-bond donors (Lipinski definition) is 4. The maximum atomic E-state index is 13.9. The summed E-state index contributed by atoms with van der Waals surface area (Å²) in [6.45, 7) is 5.27. The van der Waals surface area contributed by atoms with Gasteiger partial charge in [0.25, 0.3) is 11.8 Å². The monoisotopic (exact) mass is 645 g/mol. The number of aromatic amines is 1. The van der Waals surface area contributed by atoms with Crippen LogP contribution < -0.4 is 16.0 Å². The predicted octanol–water partition coefficient (Wildman–Crippen LogP) is 3.51. The first kappa shape index (κ1) is 32.5. The lowest BCUT2D eigenvalue weighted by molar-refractivity contribution is -0.124. The van der Waals surface area contributed by atoms with Gasteiger partial charge in [-0.15, -0.1) is 0 Å². The molecule has 242 valence electrons. The SMILES string of the molecule is CN(C)CCNc1ccc(C(=O)Nc2n[nH]c3c2CN(S(=O)(=O)c2cc(F)cc(F)c2)CC3(C)C)c(NC(=O)[C@H]2CCCO2)c1. The summed E-state index contributed by atoms with van der Waals surface area (Å²) < 4.78 is 61.4. The van der Waals surface area contributed by atoms with E-state index in [2.05, 4.69) is 26.1 Å². The Morgan fingerprint density at radius 1 is 1.13 bits per heavy atom. The molecule has 5 rings (SSSR count). The summed E-state index contributed by atoms with van der Waals surface area (Å²) in [5.41, 5.74) is 1.36. The number of anilines is 3. The van der Waals surface area contributed by atoms with E-state index < -0.39 is 44.0 Å². The Hall–Kier alpha value is -3.92. The van der Waals surface area contributed by atoms with Crippen LogP contribution in [0.3, 0.4) is 0 Å². The van der Waals surface area contributed by atoms with Crippen LogP contribution in [0.1, 0.15) is 48.3 Å². The smallest absolute Gasteiger partial charge is 0.258 e. The van der Waals surface area contributed by atoms with Gasteiger partial charge in [0, 0.05) is 61.2 Å². The maximum absolute atomic E-state index is 13.9. The summed E-state index contributed by atoms with van der Waals surface area (Å²) in [5.74, 6) is -2.87. The van der Waals surface area contributed by atoms with Gasteiger partial charge in [0.05, 0.1) is 16.1 Å². The van der Waals surface area contributed by atoms with Gasteiger partial charge in [0.15, 0.2) is 5.82 Å². The molecule has 3 aromatic rings. The van der Waals surface area contributed by atoms with Crippen LogP contribution in [0.2, 0.25) is 0 Å². The predicted molar refractivity (Wildman–Crippen MR) is 165 cm³/mol. The number of nitrogens with one attached hydrogen (secondary N) is 4. The first-order valence-electron chi connectivity index (χ1n) is 14.5. The molecule has 3 heterocycles. The summed E-state index contributed by atoms with van der Waals surface area (Å²) >= 11 is 0. The Balaban J connectivity index is 1.42. The van der Waals surface area contributed by atoms with Gasteiger partial charge in [0.1, 0.15) is 17.7 Å². The van der Waals surface area contributed by atoms with Crippen molar-refractivity contribution in [2.45, 2.75) is 49.6 Å². The Bertz CT molecular complexity index is 1680. The molecular weight excluding hydrogens is 608 g/mol. The van der Waals surface area contributed by atoms with Crippen molar-refractivity contribution in [3.05, 3.63) is 64.9 Å². The van der Waals surface area contributed by atoms with Gasteiger partial charge in [-0.1, -0.05) is 13.8 Å². The van der Waals surface area contributed by atoms with E-state index in [4.69, 9.17) is 4.74 Å². The summed E-state index contributed by atoms with van der Waals surface area (Å²) in [5, 5.41) is 16.1. The van der Waals surface area contributed by atoms with Crippen molar-refractivity contribution < 1.29 is 31.5 Å². The molecule has 0 aliphatic carbocycles. The molecule has 4 N–H and O–H groups in total. The number of H-pyrrole nitrogens is 1. The standard InChI is InChI=1S/C30H37F2N7O5S/c1-30(2)17-39(45(42,43)21-13-18(31)12-19(32)14-21)16-23-26(30)36-37-27(23)35-28(40)22-8-7-20(33-9-10-38(3)4)15-24(22)34-29(41)25-6-5-11-44-25/h7-8,12-15,25,33H,5-6,9-11,16-17H2,1-4H3,(H,34,41)(H2,35,36,37,40)/t25-/m1/s1. The third-order valence-electron chi connectivity index (χ3n) is 7.79. The van der Waals surface area contributed by atoms with Crippen molar-refractivity contribution in [3.8, 4) is 0 Å². The number of likely N-dealkylation sites (N-methyl/N-ethyl adjacent to an activating group) is 1. The number of benzene rings is 2. The fourth-order valence-corrected chi connectivity index (χ4v) is 7.10. The van der Waals surface area contributed by atoms with Crippen LogP contribution in [0.5, 0.6) is 0 Å². The molecule has 45 heavy (non-hydrogen) atoms. The largest absolute Gasteiger partial charge is 0.384 e. The highest BCUT2D eigenvalue weighted by molar-refractivity contribution is 7.89. The molecule has 2 aliphatic rings. The number of hydrogen-bond acceptors (Lipinski definition) is 8. The highest BCUT2D eigenvalue weighted by Gasteiger charge is 2.41. The molecule has 0 radical (unpaired) electrons. The summed E-state index contributed by atoms with van der Waals surface area (Å²) in [6, 6.07) is 7.12. The molecule has 0 saturated carbocycles. The van der Waals surface area contributed by atoms with Crippen molar-refractivity contribution in [1.29, 1.82) is 0 Å². The van der Waals surface area contributed by atoms with Gasteiger partial charge in [-0.25, -0.2) is 17.2 Å². The van der Waals surface area contributed by atoms with E-state index in [9.17, 15) is 26.8 Å². The molecule has 1 fully saturated rings. The highest BCUT2D eigenvalue weighted by atomic mass is 32.2. The first-order valence-corrected chi connectivity index (χ1v) is 16.0. The molecule has 1 atom stereocenters. The molecule has 0 unspecified atom stereocenters. The van der Waals surface area contributed by atoms with E-state index in [0.29, 0.717) is 42.6 Å². The molecule has 15 heteroatoms. The fourth-order valence-electron chi connectivity index (χ4n) is 5.48. The van der Waals surface area contributed by atoms with Crippen molar-refractivity contribution in [2.75, 3.05) is 56.3 Å². The lowest BCUT2D eigenvalue weighted by atomic mass is 9.84. The summed E-state index contributed by atoms with van der Waals surface area (Å²) in [7, 11) is -0.410. The number of fused-ring (bicyclic) bond motifs is 1. The maximum Gasteiger partial charge on any atom is 0.258 e. The zero-order chi connectivity index (χ0) is 32.5. The molecule has 2 amide bonds. The summed E-state index contributed by atoms with van der Waals surface area (Å²) in [6.07, 6.45) is 0.718. The summed E-state index contributed by atoms with van der Waals surface area (Å²) in [4.78, 5) is 28.1. The zero-order valence-electron chi connectivity index (χ0n) is 25.5. The number of amides is 2. The number of ether oxygens (including phenoxy) is 1. The number of carbonyl (C=O) groups excluding carboxylic acids is 2. The average Bonchev–Trinajstić information content (AvgIpc) is 3.63. The second-order valence-corrected chi connectivity index (χ2v) is 14.1. The number of sulfonamides is 1. The van der Waals surface area contributed by atoms with E-state index in [1.54, 1.807) is 32.0 Å². The molecule has 2 aromatic carbocycles. The number of rotatable bonds is 10. The van der Waals surface area contributed by atoms with Crippen LogP contribution in [0.15, 0.2) is 41.3 Å². The molecular formula is C30H37F2N7O5S. The Morgan fingerprint density at radius 2 is 1.87 bits per heavy atom. The molecule has 2 aliphatic heterocycles. The van der Waals surface area contributed by atoms with Crippen LogP contribution in [0.4, 0.5) is 26.0 Å². The highest BCUT2D eigenvalue weighted by Crippen LogP contribution is 2.38. The third kappa shape index (κ3) is 7.16. The number of halogens is 2. The van der Waals surface area contributed by atoms with Crippen molar-refractivity contribution in [3.63, 3.8) is 0 Å². The van der Waals surface area contributed by atoms with E-state index in [0.717, 1.165) is 29.4 Å². The minimum absolute atomic E-state index is 0.00223. The van der Waals surface area contributed by atoms with Crippen LogP contribution in [-0.2, 0) is 31.5 Å². The second-order valence-electron chi connectivity index (χ2n) is 12.1. The normalized spacial score (nSPS) is 18.1. The van der Waals surface area contributed by atoms with Gasteiger partial charge < -0.3 is 25.6 Å². The van der Waals surface area contributed by atoms with Gasteiger partial charge in [0.2, 0.25) is 10.0 Å².